The second kappa shape index (κ2) is 4.83. The molecular formula is C15H17ClS. The highest BCUT2D eigenvalue weighted by Gasteiger charge is 2.22. The van der Waals surface area contributed by atoms with Crippen LogP contribution < -0.4 is 0 Å². The molecule has 0 amide bonds. The van der Waals surface area contributed by atoms with Crippen molar-refractivity contribution < 1.29 is 0 Å². The molecular weight excluding hydrogens is 248 g/mol. The van der Waals surface area contributed by atoms with Crippen molar-refractivity contribution in [1.29, 1.82) is 0 Å². The van der Waals surface area contributed by atoms with Crippen LogP contribution in [0.25, 0.3) is 0 Å². The molecule has 0 saturated carbocycles. The van der Waals surface area contributed by atoms with E-state index in [1.165, 1.54) is 16.0 Å². The van der Waals surface area contributed by atoms with Crippen LogP contribution in [0.2, 0.25) is 0 Å². The zero-order valence-corrected chi connectivity index (χ0v) is 12.0. The Labute approximate surface area is 112 Å². The lowest BCUT2D eigenvalue weighted by atomic mass is 9.83. The average Bonchev–Trinajstić information content (AvgIpc) is 2.80. The van der Waals surface area contributed by atoms with Crippen molar-refractivity contribution in [2.24, 2.45) is 0 Å². The number of thiophene rings is 1. The van der Waals surface area contributed by atoms with Crippen LogP contribution in [0.3, 0.4) is 0 Å². The molecule has 0 aliphatic heterocycles. The molecule has 1 unspecified atom stereocenters. The van der Waals surface area contributed by atoms with Gasteiger partial charge in [0.1, 0.15) is 0 Å². The number of benzene rings is 1. The number of halogens is 1. The van der Waals surface area contributed by atoms with Crippen LogP contribution in [0, 0.1) is 0 Å². The smallest absolute Gasteiger partial charge is 0.0930 e. The second-order valence-electron chi connectivity index (χ2n) is 5.22. The Bertz CT molecular complexity index is 480. The highest BCUT2D eigenvalue weighted by Crippen LogP contribution is 2.37. The van der Waals surface area contributed by atoms with Crippen LogP contribution in [0.5, 0.6) is 0 Å². The standard InChI is InChI=1S/C15H17ClS/c1-15(2,3)12-8-5-4-7-11(12)14(16)13-9-6-10-17-13/h4-10,14H,1-3H3. The van der Waals surface area contributed by atoms with Crippen molar-refractivity contribution >= 4 is 22.9 Å². The van der Waals surface area contributed by atoms with Gasteiger partial charge in [-0.05, 0) is 28.0 Å². The van der Waals surface area contributed by atoms with E-state index in [0.29, 0.717) is 0 Å². The van der Waals surface area contributed by atoms with Crippen molar-refractivity contribution in [2.45, 2.75) is 31.6 Å². The lowest BCUT2D eigenvalue weighted by Crippen LogP contribution is -2.14. The first-order valence-corrected chi connectivity index (χ1v) is 7.08. The summed E-state index contributed by atoms with van der Waals surface area (Å²) in [6.07, 6.45) is 0. The zero-order chi connectivity index (χ0) is 12.5. The van der Waals surface area contributed by atoms with Crippen molar-refractivity contribution in [2.75, 3.05) is 0 Å². The molecule has 1 aromatic heterocycles. The third-order valence-electron chi connectivity index (χ3n) is 2.83. The minimum absolute atomic E-state index is 0.0366. The molecule has 0 aliphatic carbocycles. The molecule has 2 rings (SSSR count). The molecule has 0 radical (unpaired) electrons. The maximum Gasteiger partial charge on any atom is 0.0930 e. The Hall–Kier alpha value is -0.790. The van der Waals surface area contributed by atoms with E-state index in [-0.39, 0.29) is 10.8 Å². The summed E-state index contributed by atoms with van der Waals surface area (Å²) in [4.78, 5) is 1.21. The zero-order valence-electron chi connectivity index (χ0n) is 10.4. The summed E-state index contributed by atoms with van der Waals surface area (Å²) in [5.74, 6) is 0. The van der Waals surface area contributed by atoms with Gasteiger partial charge in [0.2, 0.25) is 0 Å². The van der Waals surface area contributed by atoms with Crippen LogP contribution >= 0.6 is 22.9 Å². The first-order valence-electron chi connectivity index (χ1n) is 5.77. The average molecular weight is 265 g/mol. The van der Waals surface area contributed by atoms with Crippen molar-refractivity contribution in [3.05, 3.63) is 57.8 Å². The van der Waals surface area contributed by atoms with E-state index in [2.05, 4.69) is 62.5 Å². The molecule has 1 aromatic carbocycles. The van der Waals surface area contributed by atoms with Crippen LogP contribution in [0.1, 0.15) is 42.2 Å². The fourth-order valence-corrected chi connectivity index (χ4v) is 3.12. The topological polar surface area (TPSA) is 0 Å². The fourth-order valence-electron chi connectivity index (χ4n) is 1.99. The Morgan fingerprint density at radius 1 is 1.06 bits per heavy atom. The normalized spacial score (nSPS) is 13.6. The molecule has 2 heteroatoms. The van der Waals surface area contributed by atoms with Gasteiger partial charge in [-0.3, -0.25) is 0 Å². The van der Waals surface area contributed by atoms with Crippen LogP contribution in [-0.2, 0) is 5.41 Å². The SMILES string of the molecule is CC(C)(C)c1ccccc1C(Cl)c1cccs1. The number of hydrogen-bond acceptors (Lipinski definition) is 1. The van der Waals surface area contributed by atoms with E-state index in [1.807, 2.05) is 0 Å². The molecule has 0 bridgehead atoms. The second-order valence-corrected chi connectivity index (χ2v) is 6.63. The molecule has 0 aliphatic rings. The summed E-state index contributed by atoms with van der Waals surface area (Å²) in [5, 5.41) is 2.04. The molecule has 17 heavy (non-hydrogen) atoms. The minimum atomic E-state index is -0.0366. The molecule has 0 nitrogen and oxygen atoms in total. The van der Waals surface area contributed by atoms with E-state index in [1.54, 1.807) is 11.3 Å². The molecule has 0 saturated heterocycles. The number of rotatable bonds is 2. The first-order chi connectivity index (χ1) is 8.00. The maximum atomic E-state index is 6.59. The van der Waals surface area contributed by atoms with E-state index >= 15 is 0 Å². The summed E-state index contributed by atoms with van der Waals surface area (Å²) in [7, 11) is 0. The molecule has 0 N–H and O–H groups in total. The lowest BCUT2D eigenvalue weighted by Gasteiger charge is -2.24. The lowest BCUT2D eigenvalue weighted by molar-refractivity contribution is 0.583. The summed E-state index contributed by atoms with van der Waals surface area (Å²) in [6.45, 7) is 6.68. The number of alkyl halides is 1. The maximum absolute atomic E-state index is 6.59. The van der Waals surface area contributed by atoms with Crippen LogP contribution in [0.4, 0.5) is 0 Å². The summed E-state index contributed by atoms with van der Waals surface area (Å²) in [5.41, 5.74) is 2.68. The Balaban J connectivity index is 2.46. The molecule has 0 fully saturated rings. The Morgan fingerprint density at radius 2 is 1.76 bits per heavy atom. The van der Waals surface area contributed by atoms with Gasteiger partial charge in [-0.15, -0.1) is 22.9 Å². The van der Waals surface area contributed by atoms with E-state index in [4.69, 9.17) is 11.6 Å². The summed E-state index contributed by atoms with van der Waals surface area (Å²) in [6, 6.07) is 12.6. The van der Waals surface area contributed by atoms with Crippen LogP contribution in [-0.4, -0.2) is 0 Å². The third-order valence-corrected chi connectivity index (χ3v) is 4.37. The summed E-state index contributed by atoms with van der Waals surface area (Å²) < 4.78 is 0. The van der Waals surface area contributed by atoms with E-state index < -0.39 is 0 Å². The van der Waals surface area contributed by atoms with Gasteiger partial charge in [0.15, 0.2) is 0 Å². The number of hydrogen-bond donors (Lipinski definition) is 0. The van der Waals surface area contributed by atoms with E-state index in [9.17, 15) is 0 Å². The minimum Gasteiger partial charge on any atom is -0.147 e. The Morgan fingerprint density at radius 3 is 2.35 bits per heavy atom. The van der Waals surface area contributed by atoms with Gasteiger partial charge in [-0.2, -0.15) is 0 Å². The highest BCUT2D eigenvalue weighted by atomic mass is 35.5. The fraction of sp³-hybridized carbons (Fsp3) is 0.333. The van der Waals surface area contributed by atoms with Gasteiger partial charge in [0.05, 0.1) is 5.38 Å². The molecule has 1 heterocycles. The molecule has 0 spiro atoms. The summed E-state index contributed by atoms with van der Waals surface area (Å²) >= 11 is 8.31. The predicted octanol–water partition coefficient (Wildman–Crippen LogP) is 5.37. The predicted molar refractivity (Wildman–Crippen MR) is 77.2 cm³/mol. The first kappa shape index (κ1) is 12.7. The third kappa shape index (κ3) is 2.72. The van der Waals surface area contributed by atoms with Gasteiger partial charge in [-0.25, -0.2) is 0 Å². The van der Waals surface area contributed by atoms with Crippen molar-refractivity contribution in [3.8, 4) is 0 Å². The van der Waals surface area contributed by atoms with Crippen molar-refractivity contribution in [1.82, 2.24) is 0 Å². The quantitative estimate of drug-likeness (QED) is 0.640. The van der Waals surface area contributed by atoms with Crippen molar-refractivity contribution in [3.63, 3.8) is 0 Å². The van der Waals surface area contributed by atoms with Gasteiger partial charge in [0.25, 0.3) is 0 Å². The van der Waals surface area contributed by atoms with E-state index in [0.717, 1.165) is 0 Å². The van der Waals surface area contributed by atoms with Gasteiger partial charge in [0, 0.05) is 4.88 Å². The van der Waals surface area contributed by atoms with Crippen LogP contribution in [0.15, 0.2) is 41.8 Å². The Kier molecular flexibility index (Phi) is 3.60. The largest absolute Gasteiger partial charge is 0.147 e. The van der Waals surface area contributed by atoms with Gasteiger partial charge in [-0.1, -0.05) is 51.1 Å². The van der Waals surface area contributed by atoms with Gasteiger partial charge < -0.3 is 0 Å². The molecule has 1 atom stereocenters. The monoisotopic (exact) mass is 264 g/mol. The highest BCUT2D eigenvalue weighted by molar-refractivity contribution is 7.10. The molecule has 90 valence electrons. The molecule has 2 aromatic rings. The van der Waals surface area contributed by atoms with Gasteiger partial charge >= 0.3 is 0 Å².